The molecule has 3 aromatic rings. The number of aliphatic hydroxyl groups excluding tert-OH is 1. The molecule has 0 amide bonds. The second-order valence-corrected chi connectivity index (χ2v) is 5.30. The van der Waals surface area contributed by atoms with Gasteiger partial charge in [-0.1, -0.05) is 23.2 Å². The highest BCUT2D eigenvalue weighted by atomic mass is 35.5. The summed E-state index contributed by atoms with van der Waals surface area (Å²) in [6.45, 7) is -0.158. The van der Waals surface area contributed by atoms with E-state index < -0.39 is 0 Å². The highest BCUT2D eigenvalue weighted by Gasteiger charge is 2.10. The van der Waals surface area contributed by atoms with Crippen molar-refractivity contribution in [1.29, 1.82) is 0 Å². The Hall–Kier alpha value is -1.81. The van der Waals surface area contributed by atoms with Crippen molar-refractivity contribution >= 4 is 34.1 Å². The van der Waals surface area contributed by atoms with Gasteiger partial charge >= 0.3 is 0 Å². The molecule has 3 rings (SSSR count). The quantitative estimate of drug-likeness (QED) is 0.752. The van der Waals surface area contributed by atoms with Crippen LogP contribution >= 0.6 is 23.2 Å². The molecule has 0 fully saturated rings. The number of aliphatic hydroxyl groups is 1. The number of hydrogen-bond donors (Lipinski definition) is 1. The third kappa shape index (κ3) is 2.81. The largest absolute Gasteiger partial charge is 0.455 e. The van der Waals surface area contributed by atoms with Crippen LogP contribution in [0.2, 0.25) is 10.0 Å². The number of benzene rings is 2. The highest BCUT2D eigenvalue weighted by molar-refractivity contribution is 6.35. The first kappa shape index (κ1) is 14.1. The summed E-state index contributed by atoms with van der Waals surface area (Å²) in [6, 6.07) is 12.3. The minimum Gasteiger partial charge on any atom is -0.455 e. The van der Waals surface area contributed by atoms with Crippen LogP contribution in [0.1, 0.15) is 5.56 Å². The van der Waals surface area contributed by atoms with E-state index >= 15 is 0 Å². The minimum atomic E-state index is -0.158. The van der Waals surface area contributed by atoms with Crippen LogP contribution in [0.15, 0.2) is 48.7 Å². The molecule has 106 valence electrons. The van der Waals surface area contributed by atoms with E-state index in [9.17, 15) is 5.11 Å². The molecule has 1 heterocycles. The number of hydrogen-bond acceptors (Lipinski definition) is 3. The summed E-state index contributed by atoms with van der Waals surface area (Å²) in [5.41, 5.74) is 1.28. The topological polar surface area (TPSA) is 42.4 Å². The van der Waals surface area contributed by atoms with Gasteiger partial charge in [-0.25, -0.2) is 0 Å². The molecule has 0 saturated heterocycles. The third-order valence-electron chi connectivity index (χ3n) is 3.09. The van der Waals surface area contributed by atoms with E-state index in [1.54, 1.807) is 36.5 Å². The van der Waals surface area contributed by atoms with Crippen LogP contribution in [0.3, 0.4) is 0 Å². The zero-order chi connectivity index (χ0) is 14.8. The number of pyridine rings is 1. The first-order chi connectivity index (χ1) is 10.2. The summed E-state index contributed by atoms with van der Waals surface area (Å²) in [6.07, 6.45) is 1.68. The molecule has 0 saturated carbocycles. The average molecular weight is 320 g/mol. The normalized spacial score (nSPS) is 10.8. The van der Waals surface area contributed by atoms with Crippen molar-refractivity contribution in [2.75, 3.05) is 0 Å². The van der Waals surface area contributed by atoms with Gasteiger partial charge in [0.1, 0.15) is 11.3 Å². The van der Waals surface area contributed by atoms with Crippen LogP contribution in [-0.2, 0) is 6.61 Å². The lowest BCUT2D eigenvalue weighted by Crippen LogP contribution is -1.93. The summed E-state index contributed by atoms with van der Waals surface area (Å²) >= 11 is 12.1. The second kappa shape index (κ2) is 5.90. The van der Waals surface area contributed by atoms with E-state index in [0.29, 0.717) is 32.6 Å². The van der Waals surface area contributed by atoms with Crippen molar-refractivity contribution in [2.45, 2.75) is 6.61 Å². The molecule has 1 aromatic heterocycles. The standard InChI is InChI=1S/C16H11Cl2NO2/c17-11-3-5-14(10(8-11)9-20)21-15-6-4-13(18)12-2-1-7-19-16(12)15/h1-8,20H,9H2. The molecular weight excluding hydrogens is 309 g/mol. The average Bonchev–Trinajstić information content (AvgIpc) is 2.52. The Balaban J connectivity index is 2.09. The smallest absolute Gasteiger partial charge is 0.153 e. The fourth-order valence-electron chi connectivity index (χ4n) is 2.08. The SMILES string of the molecule is OCc1cc(Cl)ccc1Oc1ccc(Cl)c2cccnc12. The first-order valence-electron chi connectivity index (χ1n) is 6.29. The van der Waals surface area contributed by atoms with Gasteiger partial charge in [-0.05, 0) is 42.5 Å². The fraction of sp³-hybridized carbons (Fsp3) is 0.0625. The molecule has 0 spiro atoms. The van der Waals surface area contributed by atoms with Gasteiger partial charge < -0.3 is 9.84 Å². The van der Waals surface area contributed by atoms with Gasteiger partial charge in [-0.15, -0.1) is 0 Å². The number of halogens is 2. The predicted octanol–water partition coefficient (Wildman–Crippen LogP) is 4.83. The van der Waals surface area contributed by atoms with Crippen LogP contribution in [0.25, 0.3) is 10.9 Å². The van der Waals surface area contributed by atoms with Gasteiger partial charge in [-0.2, -0.15) is 0 Å². The molecule has 2 aromatic carbocycles. The Labute approximate surface area is 131 Å². The van der Waals surface area contributed by atoms with Crippen molar-refractivity contribution in [3.63, 3.8) is 0 Å². The van der Waals surface area contributed by atoms with Crippen molar-refractivity contribution < 1.29 is 9.84 Å². The van der Waals surface area contributed by atoms with Gasteiger partial charge in [0.2, 0.25) is 0 Å². The maximum atomic E-state index is 9.40. The molecule has 0 aliphatic heterocycles. The number of aromatic nitrogens is 1. The van der Waals surface area contributed by atoms with Crippen molar-refractivity contribution in [1.82, 2.24) is 4.98 Å². The molecule has 1 N–H and O–H groups in total. The number of nitrogens with zero attached hydrogens (tertiary/aromatic N) is 1. The molecule has 5 heteroatoms. The molecule has 0 bridgehead atoms. The third-order valence-corrected chi connectivity index (χ3v) is 3.66. The lowest BCUT2D eigenvalue weighted by molar-refractivity contribution is 0.276. The monoisotopic (exact) mass is 319 g/mol. The Morgan fingerprint density at radius 2 is 1.86 bits per heavy atom. The van der Waals surface area contributed by atoms with E-state index in [2.05, 4.69) is 4.98 Å². The van der Waals surface area contributed by atoms with Gasteiger partial charge in [0, 0.05) is 22.2 Å². The Morgan fingerprint density at radius 1 is 1.05 bits per heavy atom. The second-order valence-electron chi connectivity index (χ2n) is 4.46. The molecule has 0 aliphatic rings. The van der Waals surface area contributed by atoms with E-state index in [1.165, 1.54) is 0 Å². The summed E-state index contributed by atoms with van der Waals surface area (Å²) in [5, 5.41) is 11.4. The summed E-state index contributed by atoms with van der Waals surface area (Å²) in [7, 11) is 0. The molecule has 21 heavy (non-hydrogen) atoms. The molecular formula is C16H11Cl2NO2. The lowest BCUT2D eigenvalue weighted by atomic mass is 10.2. The van der Waals surface area contributed by atoms with Gasteiger partial charge in [0.25, 0.3) is 0 Å². The van der Waals surface area contributed by atoms with Gasteiger partial charge in [0.05, 0.1) is 11.6 Å². The van der Waals surface area contributed by atoms with Crippen LogP contribution in [-0.4, -0.2) is 10.1 Å². The lowest BCUT2D eigenvalue weighted by Gasteiger charge is -2.12. The van der Waals surface area contributed by atoms with Crippen molar-refractivity contribution in [3.05, 3.63) is 64.3 Å². The Kier molecular flexibility index (Phi) is 3.97. The van der Waals surface area contributed by atoms with Crippen LogP contribution < -0.4 is 4.74 Å². The Morgan fingerprint density at radius 3 is 2.67 bits per heavy atom. The Bertz CT molecular complexity index is 805. The molecule has 0 atom stereocenters. The summed E-state index contributed by atoms with van der Waals surface area (Å²) in [5.74, 6) is 1.11. The molecule has 0 aliphatic carbocycles. The van der Waals surface area contributed by atoms with E-state index in [4.69, 9.17) is 27.9 Å². The van der Waals surface area contributed by atoms with Crippen LogP contribution in [0, 0.1) is 0 Å². The number of rotatable bonds is 3. The van der Waals surface area contributed by atoms with E-state index in [-0.39, 0.29) is 6.61 Å². The zero-order valence-electron chi connectivity index (χ0n) is 10.9. The van der Waals surface area contributed by atoms with Crippen molar-refractivity contribution in [2.24, 2.45) is 0 Å². The van der Waals surface area contributed by atoms with Crippen molar-refractivity contribution in [3.8, 4) is 11.5 Å². The summed E-state index contributed by atoms with van der Waals surface area (Å²) in [4.78, 5) is 4.31. The van der Waals surface area contributed by atoms with Crippen LogP contribution in [0.5, 0.6) is 11.5 Å². The summed E-state index contributed by atoms with van der Waals surface area (Å²) < 4.78 is 5.88. The highest BCUT2D eigenvalue weighted by Crippen LogP contribution is 2.34. The number of fused-ring (bicyclic) bond motifs is 1. The maximum absolute atomic E-state index is 9.40. The molecule has 0 radical (unpaired) electrons. The molecule has 3 nitrogen and oxygen atoms in total. The zero-order valence-corrected chi connectivity index (χ0v) is 12.4. The molecule has 0 unspecified atom stereocenters. The van der Waals surface area contributed by atoms with Gasteiger partial charge in [-0.3, -0.25) is 4.98 Å². The van der Waals surface area contributed by atoms with E-state index in [1.807, 2.05) is 12.1 Å². The number of ether oxygens (including phenoxy) is 1. The predicted molar refractivity (Wildman–Crippen MR) is 84.2 cm³/mol. The van der Waals surface area contributed by atoms with E-state index in [0.717, 1.165) is 5.39 Å². The fourth-order valence-corrected chi connectivity index (χ4v) is 2.49. The maximum Gasteiger partial charge on any atom is 0.153 e. The van der Waals surface area contributed by atoms with Gasteiger partial charge in [0.15, 0.2) is 5.75 Å². The first-order valence-corrected chi connectivity index (χ1v) is 7.05. The van der Waals surface area contributed by atoms with Crippen LogP contribution in [0.4, 0.5) is 0 Å². The minimum absolute atomic E-state index is 0.158.